The Morgan fingerprint density at radius 3 is 1.89 bits per heavy atom. The first-order chi connectivity index (χ1) is 17.7. The average Bonchev–Trinajstić information content (AvgIpc) is 3.07. The van der Waals surface area contributed by atoms with Crippen molar-refractivity contribution < 1.29 is 0 Å². The van der Waals surface area contributed by atoms with Crippen molar-refractivity contribution in [1.29, 1.82) is 0 Å². The Hall–Kier alpha value is -4.36. The molecule has 3 aromatic rings. The zero-order valence-corrected chi connectivity index (χ0v) is 21.0. The quantitative estimate of drug-likeness (QED) is 0.340. The van der Waals surface area contributed by atoms with Crippen LogP contribution in [0.4, 0.5) is 5.69 Å². The van der Waals surface area contributed by atoms with Crippen LogP contribution in [0.5, 0.6) is 0 Å². The van der Waals surface area contributed by atoms with E-state index in [0.717, 1.165) is 22.7 Å². The van der Waals surface area contributed by atoms with Gasteiger partial charge in [0.25, 0.3) is 0 Å². The summed E-state index contributed by atoms with van der Waals surface area (Å²) in [5.74, 6) is 0. The van der Waals surface area contributed by atoms with E-state index in [-0.39, 0.29) is 0 Å². The van der Waals surface area contributed by atoms with E-state index in [4.69, 9.17) is 0 Å². The van der Waals surface area contributed by atoms with Crippen molar-refractivity contribution in [3.05, 3.63) is 173 Å². The Kier molecular flexibility index (Phi) is 6.31. The summed E-state index contributed by atoms with van der Waals surface area (Å²) in [6.07, 6.45) is 19.0. The van der Waals surface area contributed by atoms with Gasteiger partial charge in [0.1, 0.15) is 0 Å². The molecule has 1 nitrogen and oxygen atoms in total. The molecule has 0 atom stereocenters. The van der Waals surface area contributed by atoms with Gasteiger partial charge in [0.15, 0.2) is 0 Å². The molecule has 0 fully saturated rings. The second-order valence-corrected chi connectivity index (χ2v) is 8.93. The van der Waals surface area contributed by atoms with Crippen LogP contribution >= 0.6 is 0 Å². The van der Waals surface area contributed by atoms with Crippen LogP contribution < -0.4 is 4.90 Å². The van der Waals surface area contributed by atoms with Gasteiger partial charge in [-0.25, -0.2) is 0 Å². The molecule has 0 saturated heterocycles. The van der Waals surface area contributed by atoms with Gasteiger partial charge < -0.3 is 4.90 Å². The zero-order chi connectivity index (χ0) is 25.1. The minimum Gasteiger partial charge on any atom is -0.310 e. The first kappa shape index (κ1) is 23.4. The lowest BCUT2D eigenvalue weighted by Crippen LogP contribution is -2.41. The molecule has 0 bridgehead atoms. The maximum Gasteiger partial charge on any atom is 0.0753 e. The molecular weight excluding hydrogens is 434 g/mol. The third-order valence-electron chi connectivity index (χ3n) is 7.10. The Labute approximate surface area is 215 Å². The molecule has 1 spiro atoms. The third kappa shape index (κ3) is 3.39. The molecule has 1 aliphatic heterocycles. The van der Waals surface area contributed by atoms with Gasteiger partial charge >= 0.3 is 0 Å². The first-order valence-corrected chi connectivity index (χ1v) is 12.4. The largest absolute Gasteiger partial charge is 0.310 e. The summed E-state index contributed by atoms with van der Waals surface area (Å²) in [6.45, 7) is 12.7. The molecule has 1 heteroatoms. The molecule has 0 amide bonds. The summed E-state index contributed by atoms with van der Waals surface area (Å²) in [5.41, 5.74) is 10.0. The molecule has 0 aromatic heterocycles. The van der Waals surface area contributed by atoms with Gasteiger partial charge in [0.05, 0.1) is 16.8 Å². The molecule has 0 unspecified atom stereocenters. The number of anilines is 1. The maximum absolute atomic E-state index is 4.40. The van der Waals surface area contributed by atoms with Crippen molar-refractivity contribution >= 4 is 17.8 Å². The summed E-state index contributed by atoms with van der Waals surface area (Å²) in [7, 11) is 0. The van der Waals surface area contributed by atoms with Gasteiger partial charge in [0, 0.05) is 5.70 Å². The van der Waals surface area contributed by atoms with Crippen molar-refractivity contribution in [3.63, 3.8) is 0 Å². The van der Waals surface area contributed by atoms with Gasteiger partial charge in [-0.1, -0.05) is 116 Å². The second kappa shape index (κ2) is 9.71. The number of allylic oxidation sites excluding steroid dienone is 8. The molecule has 5 rings (SSSR count). The Bertz CT molecular complexity index is 1440. The van der Waals surface area contributed by atoms with Crippen LogP contribution in [-0.2, 0) is 5.41 Å². The fraction of sp³-hybridized carbons (Fsp3) is 0.0857. The molecule has 0 saturated carbocycles. The van der Waals surface area contributed by atoms with Crippen LogP contribution in [-0.4, -0.2) is 0 Å². The maximum atomic E-state index is 4.40. The fourth-order valence-corrected chi connectivity index (χ4v) is 5.73. The number of para-hydroxylation sites is 1. The van der Waals surface area contributed by atoms with E-state index >= 15 is 0 Å². The molecule has 0 N–H and O–H groups in total. The number of rotatable bonds is 5. The third-order valence-corrected chi connectivity index (χ3v) is 7.10. The van der Waals surface area contributed by atoms with E-state index in [1.165, 1.54) is 27.8 Å². The molecule has 0 radical (unpaired) electrons. The fourth-order valence-electron chi connectivity index (χ4n) is 5.73. The highest BCUT2D eigenvalue weighted by Crippen LogP contribution is 2.57. The lowest BCUT2D eigenvalue weighted by atomic mass is 9.60. The Morgan fingerprint density at radius 2 is 1.33 bits per heavy atom. The van der Waals surface area contributed by atoms with Crippen molar-refractivity contribution in [2.75, 3.05) is 4.90 Å². The van der Waals surface area contributed by atoms with E-state index in [0.29, 0.717) is 0 Å². The van der Waals surface area contributed by atoms with Crippen LogP contribution in [0.25, 0.3) is 12.2 Å². The van der Waals surface area contributed by atoms with Crippen LogP contribution in [0.3, 0.4) is 0 Å². The summed E-state index contributed by atoms with van der Waals surface area (Å²) in [6, 6.07) is 26.3. The van der Waals surface area contributed by atoms with E-state index < -0.39 is 5.41 Å². The topological polar surface area (TPSA) is 3.24 Å². The normalized spacial score (nSPS) is 16.2. The molecule has 3 aromatic carbocycles. The number of hydrogen-bond acceptors (Lipinski definition) is 1. The molecule has 2 aliphatic rings. The number of fused-ring (bicyclic) bond motifs is 6. The lowest BCUT2D eigenvalue weighted by molar-refractivity contribution is 0.713. The van der Waals surface area contributed by atoms with E-state index in [9.17, 15) is 0 Å². The van der Waals surface area contributed by atoms with Gasteiger partial charge in [-0.15, -0.1) is 0 Å². The summed E-state index contributed by atoms with van der Waals surface area (Å²) < 4.78 is 0. The van der Waals surface area contributed by atoms with Crippen LogP contribution in [0.15, 0.2) is 145 Å². The SMILES string of the molecule is C=CC1=C(/C=C\C)N(/C(C=C)=C/C=C\C)c2ccccc2C12c1ccccc1C=Cc1ccccc12. The Morgan fingerprint density at radius 1 is 0.750 bits per heavy atom. The number of nitrogens with zero attached hydrogens (tertiary/aromatic N) is 1. The standard InChI is InChI=1S/C35H31N/c1-5-9-19-28(7-3)36-33(16-6-2)29(8-4)35(32-22-14-15-23-34(32)36)30-20-12-10-17-26(30)24-25-27-18-11-13-21-31(27)35/h5-25H,3-4H2,1-2H3/b9-5-,16-6-,28-19+. The van der Waals surface area contributed by atoms with Crippen LogP contribution in [0.2, 0.25) is 0 Å². The molecule has 176 valence electrons. The smallest absolute Gasteiger partial charge is 0.0753 e. The molecule has 36 heavy (non-hydrogen) atoms. The van der Waals surface area contributed by atoms with Gasteiger partial charge in [-0.3, -0.25) is 0 Å². The lowest BCUT2D eigenvalue weighted by Gasteiger charge is -2.47. The monoisotopic (exact) mass is 465 g/mol. The second-order valence-electron chi connectivity index (χ2n) is 8.93. The van der Waals surface area contributed by atoms with Gasteiger partial charge in [0.2, 0.25) is 0 Å². The summed E-state index contributed by atoms with van der Waals surface area (Å²) in [4.78, 5) is 2.31. The molecule has 1 aliphatic carbocycles. The van der Waals surface area contributed by atoms with E-state index in [1.54, 1.807) is 0 Å². The van der Waals surface area contributed by atoms with Crippen LogP contribution in [0.1, 0.15) is 41.7 Å². The van der Waals surface area contributed by atoms with Gasteiger partial charge in [-0.05, 0) is 71.5 Å². The highest BCUT2D eigenvalue weighted by molar-refractivity contribution is 5.87. The summed E-state index contributed by atoms with van der Waals surface area (Å²) >= 11 is 0. The van der Waals surface area contributed by atoms with E-state index in [2.05, 4.69) is 134 Å². The van der Waals surface area contributed by atoms with Crippen molar-refractivity contribution in [3.8, 4) is 0 Å². The van der Waals surface area contributed by atoms with Crippen molar-refractivity contribution in [2.24, 2.45) is 0 Å². The zero-order valence-electron chi connectivity index (χ0n) is 21.0. The van der Waals surface area contributed by atoms with Crippen LogP contribution in [0, 0.1) is 0 Å². The highest BCUT2D eigenvalue weighted by atomic mass is 15.2. The van der Waals surface area contributed by atoms with Gasteiger partial charge in [-0.2, -0.15) is 0 Å². The number of benzene rings is 3. The minimum absolute atomic E-state index is 0.534. The van der Waals surface area contributed by atoms with E-state index in [1.807, 2.05) is 25.2 Å². The first-order valence-electron chi connectivity index (χ1n) is 12.4. The average molecular weight is 466 g/mol. The van der Waals surface area contributed by atoms with Crippen molar-refractivity contribution in [1.82, 2.24) is 0 Å². The minimum atomic E-state index is -0.534. The molecular formula is C35H31N. The number of hydrogen-bond donors (Lipinski definition) is 0. The summed E-state index contributed by atoms with van der Waals surface area (Å²) in [5, 5.41) is 0. The Balaban J connectivity index is 2.03. The molecule has 1 heterocycles. The predicted molar refractivity (Wildman–Crippen MR) is 156 cm³/mol. The highest BCUT2D eigenvalue weighted by Gasteiger charge is 2.48. The predicted octanol–water partition coefficient (Wildman–Crippen LogP) is 8.99. The van der Waals surface area contributed by atoms with Crippen molar-refractivity contribution in [2.45, 2.75) is 19.3 Å².